The van der Waals surface area contributed by atoms with Crippen LogP contribution in [0.2, 0.25) is 5.02 Å². The van der Waals surface area contributed by atoms with E-state index >= 15 is 0 Å². The summed E-state index contributed by atoms with van der Waals surface area (Å²) in [4.78, 5) is 8.58. The fourth-order valence-corrected chi connectivity index (χ4v) is 3.07. The third-order valence-corrected chi connectivity index (χ3v) is 4.16. The zero-order chi connectivity index (χ0) is 15.1. The number of aromatic nitrogens is 3. The van der Waals surface area contributed by atoms with Crippen molar-refractivity contribution in [1.82, 2.24) is 14.5 Å². The van der Waals surface area contributed by atoms with Crippen LogP contribution in [0.25, 0.3) is 21.8 Å². The first-order valence-electron chi connectivity index (χ1n) is 7.14. The number of halogens is 1. The standard InChI is InChI=1S/C18H14ClN3/c1-12-10-22(18-9-20-5-4-16(12)18)11-13-2-3-17-14(6-13)7-15(19)8-21-17/h2-10H,11H2,1H3. The summed E-state index contributed by atoms with van der Waals surface area (Å²) >= 11 is 6.04. The maximum Gasteiger partial charge on any atom is 0.0703 e. The van der Waals surface area contributed by atoms with Crippen LogP contribution in [0.4, 0.5) is 0 Å². The van der Waals surface area contributed by atoms with E-state index in [-0.39, 0.29) is 0 Å². The maximum absolute atomic E-state index is 6.04. The largest absolute Gasteiger partial charge is 0.342 e. The van der Waals surface area contributed by atoms with Crippen molar-refractivity contribution in [1.29, 1.82) is 0 Å². The molecule has 3 heterocycles. The van der Waals surface area contributed by atoms with Gasteiger partial charge in [0.05, 0.1) is 22.3 Å². The van der Waals surface area contributed by atoms with E-state index in [1.165, 1.54) is 16.5 Å². The molecule has 0 saturated carbocycles. The molecule has 0 unspecified atom stereocenters. The van der Waals surface area contributed by atoms with Crippen LogP contribution in [-0.2, 0) is 6.54 Å². The fourth-order valence-electron chi connectivity index (χ4n) is 2.90. The molecule has 0 spiro atoms. The zero-order valence-corrected chi connectivity index (χ0v) is 12.9. The topological polar surface area (TPSA) is 30.7 Å². The second kappa shape index (κ2) is 5.11. The van der Waals surface area contributed by atoms with Gasteiger partial charge in [0.1, 0.15) is 0 Å². The summed E-state index contributed by atoms with van der Waals surface area (Å²) in [7, 11) is 0. The summed E-state index contributed by atoms with van der Waals surface area (Å²) in [5.74, 6) is 0. The maximum atomic E-state index is 6.04. The molecule has 0 atom stereocenters. The van der Waals surface area contributed by atoms with Crippen molar-refractivity contribution in [3.8, 4) is 0 Å². The molecule has 3 nitrogen and oxygen atoms in total. The van der Waals surface area contributed by atoms with Gasteiger partial charge >= 0.3 is 0 Å². The van der Waals surface area contributed by atoms with E-state index < -0.39 is 0 Å². The van der Waals surface area contributed by atoms with Gasteiger partial charge in [-0.3, -0.25) is 9.97 Å². The number of pyridine rings is 2. The molecule has 0 amide bonds. The Kier molecular flexibility index (Phi) is 3.09. The van der Waals surface area contributed by atoms with E-state index in [2.05, 4.69) is 45.9 Å². The first kappa shape index (κ1) is 13.3. The second-order valence-electron chi connectivity index (χ2n) is 5.51. The highest BCUT2D eigenvalue weighted by Gasteiger charge is 2.06. The molecule has 4 rings (SSSR count). The molecular weight excluding hydrogens is 294 g/mol. The highest BCUT2D eigenvalue weighted by Crippen LogP contribution is 2.22. The lowest BCUT2D eigenvalue weighted by molar-refractivity contribution is 0.833. The van der Waals surface area contributed by atoms with Crippen molar-refractivity contribution in [2.75, 3.05) is 0 Å². The van der Waals surface area contributed by atoms with E-state index in [0.29, 0.717) is 5.02 Å². The lowest BCUT2D eigenvalue weighted by atomic mass is 10.1. The molecule has 3 aromatic heterocycles. The Morgan fingerprint density at radius 1 is 1.14 bits per heavy atom. The van der Waals surface area contributed by atoms with Crippen LogP contribution < -0.4 is 0 Å². The van der Waals surface area contributed by atoms with Gasteiger partial charge in [-0.2, -0.15) is 0 Å². The molecule has 1 aromatic carbocycles. The molecule has 22 heavy (non-hydrogen) atoms. The molecule has 0 bridgehead atoms. The Labute approximate surface area is 133 Å². The predicted octanol–water partition coefficient (Wildman–Crippen LogP) is 4.59. The van der Waals surface area contributed by atoms with Crippen LogP contribution in [0.15, 0.2) is 55.1 Å². The molecule has 108 valence electrons. The minimum absolute atomic E-state index is 0.663. The van der Waals surface area contributed by atoms with E-state index in [4.69, 9.17) is 11.6 Å². The van der Waals surface area contributed by atoms with Crippen LogP contribution in [-0.4, -0.2) is 14.5 Å². The number of fused-ring (bicyclic) bond motifs is 2. The highest BCUT2D eigenvalue weighted by atomic mass is 35.5. The smallest absolute Gasteiger partial charge is 0.0703 e. The van der Waals surface area contributed by atoms with Crippen molar-refractivity contribution < 1.29 is 0 Å². The Morgan fingerprint density at radius 3 is 2.95 bits per heavy atom. The van der Waals surface area contributed by atoms with Crippen LogP contribution in [0.3, 0.4) is 0 Å². The van der Waals surface area contributed by atoms with Gasteiger partial charge in [-0.25, -0.2) is 0 Å². The number of hydrogen-bond acceptors (Lipinski definition) is 2. The predicted molar refractivity (Wildman–Crippen MR) is 90.3 cm³/mol. The monoisotopic (exact) mass is 307 g/mol. The molecule has 0 aliphatic rings. The van der Waals surface area contributed by atoms with Crippen LogP contribution >= 0.6 is 11.6 Å². The number of hydrogen-bond donors (Lipinski definition) is 0. The number of nitrogens with zero attached hydrogens (tertiary/aromatic N) is 3. The number of aryl methyl sites for hydroxylation is 1. The second-order valence-corrected chi connectivity index (χ2v) is 5.95. The van der Waals surface area contributed by atoms with Crippen LogP contribution in [0, 0.1) is 6.92 Å². The number of benzene rings is 1. The van der Waals surface area contributed by atoms with Crippen molar-refractivity contribution >= 4 is 33.4 Å². The fraction of sp³-hybridized carbons (Fsp3) is 0.111. The molecule has 0 fully saturated rings. The van der Waals surface area contributed by atoms with Gasteiger partial charge in [-0.1, -0.05) is 17.7 Å². The van der Waals surface area contributed by atoms with Crippen LogP contribution in [0.1, 0.15) is 11.1 Å². The summed E-state index contributed by atoms with van der Waals surface area (Å²) < 4.78 is 2.23. The van der Waals surface area contributed by atoms with E-state index in [0.717, 1.165) is 23.0 Å². The lowest BCUT2D eigenvalue weighted by Gasteiger charge is -2.07. The summed E-state index contributed by atoms with van der Waals surface area (Å²) in [6, 6.07) is 10.3. The van der Waals surface area contributed by atoms with Crippen molar-refractivity contribution in [3.05, 3.63) is 71.3 Å². The Balaban J connectivity index is 1.79. The molecule has 0 aliphatic heterocycles. The van der Waals surface area contributed by atoms with Gasteiger partial charge in [0.25, 0.3) is 0 Å². The quantitative estimate of drug-likeness (QED) is 0.542. The van der Waals surface area contributed by atoms with Crippen LogP contribution in [0.5, 0.6) is 0 Å². The zero-order valence-electron chi connectivity index (χ0n) is 12.1. The first-order valence-corrected chi connectivity index (χ1v) is 7.52. The van der Waals surface area contributed by atoms with Gasteiger partial charge in [0, 0.05) is 35.9 Å². The van der Waals surface area contributed by atoms with Crippen molar-refractivity contribution in [2.45, 2.75) is 13.5 Å². The van der Waals surface area contributed by atoms with Crippen molar-refractivity contribution in [2.24, 2.45) is 0 Å². The van der Waals surface area contributed by atoms with Gasteiger partial charge in [0.15, 0.2) is 0 Å². The molecular formula is C18H14ClN3. The third-order valence-electron chi connectivity index (χ3n) is 3.95. The van der Waals surface area contributed by atoms with Gasteiger partial charge in [-0.15, -0.1) is 0 Å². The Hall–Kier alpha value is -2.39. The lowest BCUT2D eigenvalue weighted by Crippen LogP contribution is -1.98. The molecule has 0 saturated heterocycles. The van der Waals surface area contributed by atoms with Gasteiger partial charge in [0.2, 0.25) is 0 Å². The minimum atomic E-state index is 0.663. The highest BCUT2D eigenvalue weighted by molar-refractivity contribution is 6.31. The minimum Gasteiger partial charge on any atom is -0.342 e. The normalized spacial score (nSPS) is 11.4. The first-order chi connectivity index (χ1) is 10.7. The molecule has 0 N–H and O–H groups in total. The third kappa shape index (κ3) is 2.24. The van der Waals surface area contributed by atoms with E-state index in [9.17, 15) is 0 Å². The summed E-state index contributed by atoms with van der Waals surface area (Å²) in [6.45, 7) is 2.93. The Morgan fingerprint density at radius 2 is 2.05 bits per heavy atom. The Bertz CT molecular complexity index is 988. The average molecular weight is 308 g/mol. The molecule has 0 aliphatic carbocycles. The van der Waals surface area contributed by atoms with E-state index in [1.807, 2.05) is 24.5 Å². The summed E-state index contributed by atoms with van der Waals surface area (Å²) in [5.41, 5.74) is 4.60. The SMILES string of the molecule is Cc1cn(Cc2ccc3ncc(Cl)cc3c2)c2cnccc12. The summed E-state index contributed by atoms with van der Waals surface area (Å²) in [6.07, 6.45) is 7.61. The molecule has 4 heteroatoms. The van der Waals surface area contributed by atoms with Gasteiger partial charge < -0.3 is 4.57 Å². The average Bonchev–Trinajstić information content (AvgIpc) is 2.84. The van der Waals surface area contributed by atoms with Gasteiger partial charge in [-0.05, 0) is 42.3 Å². The summed E-state index contributed by atoms with van der Waals surface area (Å²) in [5, 5.41) is 2.98. The van der Waals surface area contributed by atoms with Crippen molar-refractivity contribution in [3.63, 3.8) is 0 Å². The molecule has 4 aromatic rings. The van der Waals surface area contributed by atoms with E-state index in [1.54, 1.807) is 6.20 Å². The number of rotatable bonds is 2. The molecule has 0 radical (unpaired) electrons.